The summed E-state index contributed by atoms with van der Waals surface area (Å²) in [5, 5.41) is 5.40. The summed E-state index contributed by atoms with van der Waals surface area (Å²) < 4.78 is 18.3. The second kappa shape index (κ2) is 9.32. The molecule has 2 aromatic rings. The van der Waals surface area contributed by atoms with Gasteiger partial charge in [-0.3, -0.25) is 4.21 Å². The van der Waals surface area contributed by atoms with E-state index in [1.807, 2.05) is 38.1 Å². The van der Waals surface area contributed by atoms with Gasteiger partial charge in [0.2, 0.25) is 0 Å². The first kappa shape index (κ1) is 21.7. The summed E-state index contributed by atoms with van der Waals surface area (Å²) in [7, 11) is -0.984. The number of amides is 2. The van der Waals surface area contributed by atoms with Crippen LogP contribution in [-0.2, 0) is 21.3 Å². The third-order valence-electron chi connectivity index (χ3n) is 5.79. The molecule has 0 aliphatic carbocycles. The molecule has 3 unspecified atom stereocenters. The Labute approximate surface area is 185 Å². The second-order valence-electron chi connectivity index (χ2n) is 7.79. The molecular weight excluding hydrogens is 414 g/mol. The molecule has 0 bridgehead atoms. The minimum absolute atomic E-state index is 0.115. The van der Waals surface area contributed by atoms with E-state index in [9.17, 15) is 9.00 Å². The van der Waals surface area contributed by atoms with Gasteiger partial charge in [-0.25, -0.2) is 14.8 Å². The second-order valence-corrected chi connectivity index (χ2v) is 9.55. The summed E-state index contributed by atoms with van der Waals surface area (Å²) in [5.41, 5.74) is 3.44. The molecule has 166 valence electrons. The van der Waals surface area contributed by atoms with Crippen LogP contribution in [0.3, 0.4) is 0 Å². The van der Waals surface area contributed by atoms with E-state index in [-0.39, 0.29) is 17.3 Å². The Bertz CT molecular complexity index is 982. The van der Waals surface area contributed by atoms with E-state index >= 15 is 0 Å². The molecule has 2 N–H and O–H groups in total. The van der Waals surface area contributed by atoms with Crippen LogP contribution in [0.2, 0.25) is 0 Å². The average Bonchev–Trinajstić information content (AvgIpc) is 3.07. The highest BCUT2D eigenvalue weighted by Gasteiger charge is 2.35. The number of carbonyl (C=O) groups excluding carboxylic acids is 1. The lowest BCUT2D eigenvalue weighted by Gasteiger charge is -2.37. The van der Waals surface area contributed by atoms with Crippen molar-refractivity contribution in [2.24, 2.45) is 0 Å². The maximum atomic E-state index is 12.6. The molecule has 2 aliphatic heterocycles. The van der Waals surface area contributed by atoms with Gasteiger partial charge in [-0.05, 0) is 44.5 Å². The van der Waals surface area contributed by atoms with Crippen molar-refractivity contribution >= 4 is 28.3 Å². The molecule has 3 atom stereocenters. The molecule has 1 fully saturated rings. The lowest BCUT2D eigenvalue weighted by molar-refractivity contribution is 0.0925. The van der Waals surface area contributed by atoms with E-state index in [0.717, 1.165) is 35.6 Å². The highest BCUT2D eigenvalue weighted by atomic mass is 32.2. The van der Waals surface area contributed by atoms with Crippen molar-refractivity contribution < 1.29 is 13.7 Å². The summed E-state index contributed by atoms with van der Waals surface area (Å²) in [6.07, 6.45) is 0.951. The Morgan fingerprint density at radius 2 is 2.03 bits per heavy atom. The number of urea groups is 1. The number of anilines is 2. The highest BCUT2D eigenvalue weighted by Crippen LogP contribution is 2.39. The smallest absolute Gasteiger partial charge is 0.319 e. The van der Waals surface area contributed by atoms with Crippen molar-refractivity contribution in [3.63, 3.8) is 0 Å². The standard InChI is InChI=1S/C22H29N5O3S/c1-4-17-12-30-11-10-27(17)21-18-13-31(29)14(3)19(18)25-20(26-21)15-6-8-16(9-7-15)24-22(28)23-5-2/h6-9,14,17H,4-5,10-13H2,1-3H3,(H2,23,24,28). The molecular formula is C22H29N5O3S. The monoisotopic (exact) mass is 443 g/mol. The largest absolute Gasteiger partial charge is 0.377 e. The summed E-state index contributed by atoms with van der Waals surface area (Å²) in [4.78, 5) is 23.8. The Balaban J connectivity index is 1.70. The maximum absolute atomic E-state index is 12.6. The van der Waals surface area contributed by atoms with Gasteiger partial charge in [-0.15, -0.1) is 0 Å². The van der Waals surface area contributed by atoms with Crippen LogP contribution >= 0.6 is 0 Å². The van der Waals surface area contributed by atoms with Gasteiger partial charge in [0, 0.05) is 40.7 Å². The maximum Gasteiger partial charge on any atom is 0.319 e. The molecule has 0 radical (unpaired) electrons. The van der Waals surface area contributed by atoms with Crippen LogP contribution in [0.25, 0.3) is 11.4 Å². The number of rotatable bonds is 5. The third kappa shape index (κ3) is 4.43. The molecule has 2 aliphatic rings. The van der Waals surface area contributed by atoms with Crippen molar-refractivity contribution in [1.29, 1.82) is 0 Å². The zero-order valence-electron chi connectivity index (χ0n) is 18.2. The molecule has 1 aromatic carbocycles. The van der Waals surface area contributed by atoms with Crippen LogP contribution in [0.15, 0.2) is 24.3 Å². The van der Waals surface area contributed by atoms with Crippen molar-refractivity contribution in [2.45, 2.75) is 44.2 Å². The first-order chi connectivity index (χ1) is 15.0. The summed E-state index contributed by atoms with van der Waals surface area (Å²) in [6.45, 7) is 8.64. The van der Waals surface area contributed by atoms with Crippen LogP contribution in [0.4, 0.5) is 16.3 Å². The van der Waals surface area contributed by atoms with Crippen molar-refractivity contribution in [2.75, 3.05) is 36.5 Å². The van der Waals surface area contributed by atoms with E-state index in [1.54, 1.807) is 0 Å². The van der Waals surface area contributed by atoms with E-state index in [2.05, 4.69) is 22.5 Å². The number of hydrogen-bond acceptors (Lipinski definition) is 6. The van der Waals surface area contributed by atoms with Gasteiger partial charge in [-0.1, -0.05) is 6.92 Å². The predicted molar refractivity (Wildman–Crippen MR) is 123 cm³/mol. The number of nitrogens with zero attached hydrogens (tertiary/aromatic N) is 3. The third-order valence-corrected chi connectivity index (χ3v) is 7.38. The normalized spacial score (nSPS) is 22.8. The van der Waals surface area contributed by atoms with Crippen LogP contribution in [0.5, 0.6) is 0 Å². The molecule has 31 heavy (non-hydrogen) atoms. The lowest BCUT2D eigenvalue weighted by atomic mass is 10.1. The van der Waals surface area contributed by atoms with E-state index in [4.69, 9.17) is 14.7 Å². The quantitative estimate of drug-likeness (QED) is 0.737. The number of ether oxygens (including phenoxy) is 1. The minimum Gasteiger partial charge on any atom is -0.377 e. The number of morpholine rings is 1. The molecule has 3 heterocycles. The van der Waals surface area contributed by atoms with Crippen LogP contribution in [0.1, 0.15) is 43.7 Å². The molecule has 9 heteroatoms. The van der Waals surface area contributed by atoms with Crippen molar-refractivity contribution in [3.05, 3.63) is 35.5 Å². The molecule has 0 spiro atoms. The molecule has 2 amide bonds. The average molecular weight is 444 g/mol. The SMILES string of the molecule is CCNC(=O)Nc1ccc(-c2nc3c(c(N4CCOCC4CC)n2)CS(=O)C3C)cc1. The molecule has 1 saturated heterocycles. The fourth-order valence-corrected chi connectivity index (χ4v) is 5.29. The number of carbonyl (C=O) groups is 1. The Kier molecular flexibility index (Phi) is 6.52. The number of fused-ring (bicyclic) bond motifs is 1. The van der Waals surface area contributed by atoms with Crippen LogP contribution < -0.4 is 15.5 Å². The summed E-state index contributed by atoms with van der Waals surface area (Å²) in [6, 6.07) is 7.49. The number of nitrogens with one attached hydrogen (secondary N) is 2. The first-order valence-electron chi connectivity index (χ1n) is 10.8. The van der Waals surface area contributed by atoms with E-state index in [0.29, 0.717) is 37.0 Å². The molecule has 4 rings (SSSR count). The summed E-state index contributed by atoms with van der Waals surface area (Å²) >= 11 is 0. The number of hydrogen-bond donors (Lipinski definition) is 2. The van der Waals surface area contributed by atoms with Gasteiger partial charge in [-0.2, -0.15) is 0 Å². The molecule has 8 nitrogen and oxygen atoms in total. The predicted octanol–water partition coefficient (Wildman–Crippen LogP) is 3.22. The molecule has 1 aromatic heterocycles. The number of aromatic nitrogens is 2. The molecule has 0 saturated carbocycles. The van der Waals surface area contributed by atoms with Gasteiger partial charge < -0.3 is 20.3 Å². The topological polar surface area (TPSA) is 96.5 Å². The Hall–Kier alpha value is -2.52. The van der Waals surface area contributed by atoms with Gasteiger partial charge in [0.25, 0.3) is 0 Å². The van der Waals surface area contributed by atoms with Gasteiger partial charge in [0.15, 0.2) is 5.82 Å². The zero-order valence-corrected chi connectivity index (χ0v) is 19.0. The fourth-order valence-electron chi connectivity index (χ4n) is 4.03. The lowest BCUT2D eigenvalue weighted by Crippen LogP contribution is -2.46. The van der Waals surface area contributed by atoms with Gasteiger partial charge in [0.05, 0.1) is 36.0 Å². The summed E-state index contributed by atoms with van der Waals surface area (Å²) in [5.74, 6) is 2.00. The Morgan fingerprint density at radius 3 is 2.74 bits per heavy atom. The van der Waals surface area contributed by atoms with E-state index < -0.39 is 10.8 Å². The van der Waals surface area contributed by atoms with Gasteiger partial charge in [0.1, 0.15) is 5.82 Å². The minimum atomic E-state index is -0.984. The van der Waals surface area contributed by atoms with Gasteiger partial charge >= 0.3 is 6.03 Å². The van der Waals surface area contributed by atoms with Crippen molar-refractivity contribution in [3.8, 4) is 11.4 Å². The van der Waals surface area contributed by atoms with Crippen LogP contribution in [-0.4, -0.2) is 52.6 Å². The van der Waals surface area contributed by atoms with Crippen LogP contribution in [0, 0.1) is 0 Å². The van der Waals surface area contributed by atoms with Crippen molar-refractivity contribution in [1.82, 2.24) is 15.3 Å². The number of benzene rings is 1. The van der Waals surface area contributed by atoms with E-state index in [1.165, 1.54) is 0 Å². The zero-order chi connectivity index (χ0) is 22.0. The Morgan fingerprint density at radius 1 is 1.26 bits per heavy atom. The first-order valence-corrected chi connectivity index (χ1v) is 12.2. The fraction of sp³-hybridized carbons (Fsp3) is 0.500. The highest BCUT2D eigenvalue weighted by molar-refractivity contribution is 7.84.